The van der Waals surface area contributed by atoms with Crippen molar-refractivity contribution >= 4 is 5.69 Å². The first-order valence-electron chi connectivity index (χ1n) is 12.7. The van der Waals surface area contributed by atoms with Gasteiger partial charge in [0.15, 0.2) is 0 Å². The van der Waals surface area contributed by atoms with Crippen LogP contribution in [0, 0.1) is 11.6 Å². The number of rotatable bonds is 9. The van der Waals surface area contributed by atoms with Crippen LogP contribution >= 0.6 is 0 Å². The molecule has 2 N–H and O–H groups in total. The van der Waals surface area contributed by atoms with Crippen molar-refractivity contribution in [3.8, 4) is 16.9 Å². The van der Waals surface area contributed by atoms with Gasteiger partial charge < -0.3 is 15.2 Å². The molecule has 5 rings (SSSR count). The Hall–Kier alpha value is -3.82. The number of aromatic nitrogens is 3. The minimum absolute atomic E-state index is 0.00821. The van der Waals surface area contributed by atoms with Gasteiger partial charge in [0.25, 0.3) is 0 Å². The predicted octanol–water partition coefficient (Wildman–Crippen LogP) is 4.70. The monoisotopic (exact) mass is 519 g/mol. The van der Waals surface area contributed by atoms with Crippen molar-refractivity contribution < 1.29 is 18.6 Å². The smallest absolute Gasteiger partial charge is 0.137 e. The van der Waals surface area contributed by atoms with Crippen LogP contribution in [0.3, 0.4) is 0 Å². The largest absolute Gasteiger partial charge is 0.497 e. The maximum atomic E-state index is 14.7. The number of hydrogen-bond acceptors (Lipinski definition) is 6. The van der Waals surface area contributed by atoms with Gasteiger partial charge in [-0.15, -0.1) is 0 Å². The minimum Gasteiger partial charge on any atom is -0.497 e. The predicted molar refractivity (Wildman–Crippen MR) is 142 cm³/mol. The van der Waals surface area contributed by atoms with E-state index < -0.39 is 17.2 Å². The van der Waals surface area contributed by atoms with Crippen molar-refractivity contribution in [1.82, 2.24) is 19.7 Å². The average molecular weight is 520 g/mol. The van der Waals surface area contributed by atoms with Crippen molar-refractivity contribution in [3.05, 3.63) is 96.6 Å². The van der Waals surface area contributed by atoms with Crippen molar-refractivity contribution in [2.45, 2.75) is 31.0 Å². The molecule has 0 radical (unpaired) electrons. The summed E-state index contributed by atoms with van der Waals surface area (Å²) in [5, 5.41) is 19.3. The first-order valence-corrected chi connectivity index (χ1v) is 12.7. The molecule has 1 fully saturated rings. The number of halogens is 2. The van der Waals surface area contributed by atoms with Crippen molar-refractivity contribution in [2.24, 2.45) is 0 Å². The zero-order chi connectivity index (χ0) is 26.5. The Morgan fingerprint density at radius 3 is 2.26 bits per heavy atom. The highest BCUT2D eigenvalue weighted by molar-refractivity contribution is 5.66. The fourth-order valence-electron chi connectivity index (χ4n) is 5.05. The summed E-state index contributed by atoms with van der Waals surface area (Å²) in [7, 11) is 1.66. The molecule has 9 heteroatoms. The Balaban J connectivity index is 1.20. The first-order chi connectivity index (χ1) is 18.4. The third kappa shape index (κ3) is 6.00. The van der Waals surface area contributed by atoms with Crippen LogP contribution < -0.4 is 10.1 Å². The van der Waals surface area contributed by atoms with Crippen molar-refractivity contribution in [1.29, 1.82) is 0 Å². The van der Waals surface area contributed by atoms with Gasteiger partial charge in [-0.3, -0.25) is 4.90 Å². The zero-order valence-electron chi connectivity index (χ0n) is 21.2. The van der Waals surface area contributed by atoms with Crippen LogP contribution in [0.5, 0.6) is 5.75 Å². The fraction of sp³-hybridized carbons (Fsp3) is 0.310. The molecule has 1 unspecified atom stereocenters. The number of anilines is 1. The summed E-state index contributed by atoms with van der Waals surface area (Å²) >= 11 is 0. The van der Waals surface area contributed by atoms with Crippen LogP contribution in [0.4, 0.5) is 14.5 Å². The van der Waals surface area contributed by atoms with Gasteiger partial charge in [0.1, 0.15) is 35.6 Å². The highest BCUT2D eigenvalue weighted by Crippen LogP contribution is 2.30. The highest BCUT2D eigenvalue weighted by Gasteiger charge is 2.36. The van der Waals surface area contributed by atoms with Gasteiger partial charge in [0.2, 0.25) is 0 Å². The molecule has 1 aromatic heterocycles. The number of likely N-dealkylation sites (tertiary alicyclic amines) is 1. The Kier molecular flexibility index (Phi) is 7.67. The molecule has 1 atom stereocenters. The third-order valence-electron chi connectivity index (χ3n) is 7.07. The lowest BCUT2D eigenvalue weighted by Gasteiger charge is -2.38. The summed E-state index contributed by atoms with van der Waals surface area (Å²) in [4.78, 5) is 6.04. The standard InChI is InChI=1S/C29H31F2N5O2/c1-38-26-9-4-22(5-10-26)21-2-7-24(8-3-21)34-25-12-14-35(15-13-25)17-29(37,18-36-20-32-19-33-36)27-11-6-23(30)16-28(27)31/h2-11,16,19-20,25,34,37H,12-15,17-18H2,1H3. The van der Waals surface area contributed by atoms with Gasteiger partial charge in [-0.1, -0.05) is 30.3 Å². The number of piperidine rings is 1. The molecule has 38 heavy (non-hydrogen) atoms. The van der Waals surface area contributed by atoms with E-state index in [0.717, 1.165) is 54.6 Å². The Bertz CT molecular complexity index is 1320. The summed E-state index contributed by atoms with van der Waals surface area (Å²) in [5.74, 6) is -0.626. The highest BCUT2D eigenvalue weighted by atomic mass is 19.1. The van der Waals surface area contributed by atoms with E-state index in [0.29, 0.717) is 0 Å². The number of ether oxygens (including phenoxy) is 1. The lowest BCUT2D eigenvalue weighted by atomic mass is 9.91. The van der Waals surface area contributed by atoms with Crippen LogP contribution in [-0.2, 0) is 12.1 Å². The summed E-state index contributed by atoms with van der Waals surface area (Å²) in [5.41, 5.74) is 1.76. The number of hydrogen-bond donors (Lipinski definition) is 2. The van der Waals surface area contributed by atoms with Crippen LogP contribution in [0.1, 0.15) is 18.4 Å². The van der Waals surface area contributed by atoms with E-state index in [4.69, 9.17) is 4.74 Å². The quantitative estimate of drug-likeness (QED) is 0.334. The maximum absolute atomic E-state index is 14.7. The first kappa shape index (κ1) is 25.8. The summed E-state index contributed by atoms with van der Waals surface area (Å²) in [6, 6.07) is 19.9. The van der Waals surface area contributed by atoms with Gasteiger partial charge in [-0.2, -0.15) is 5.10 Å². The van der Waals surface area contributed by atoms with E-state index in [9.17, 15) is 13.9 Å². The SMILES string of the molecule is COc1ccc(-c2ccc(NC3CCN(CC(O)(Cn4cncn4)c4ccc(F)cc4F)CC3)cc2)cc1. The van der Waals surface area contributed by atoms with Crippen molar-refractivity contribution in [2.75, 3.05) is 32.1 Å². The number of nitrogens with one attached hydrogen (secondary N) is 1. The molecule has 1 aliphatic heterocycles. The molecule has 0 bridgehead atoms. The number of aliphatic hydroxyl groups is 1. The molecule has 3 aromatic carbocycles. The molecule has 2 heterocycles. The zero-order valence-corrected chi connectivity index (χ0v) is 21.2. The number of methoxy groups -OCH3 is 1. The average Bonchev–Trinajstić information content (AvgIpc) is 3.43. The topological polar surface area (TPSA) is 75.4 Å². The van der Waals surface area contributed by atoms with E-state index in [1.165, 1.54) is 29.5 Å². The molecule has 0 aliphatic carbocycles. The third-order valence-corrected chi connectivity index (χ3v) is 7.07. The molecule has 0 spiro atoms. The van der Waals surface area contributed by atoms with Gasteiger partial charge in [-0.05, 0) is 54.3 Å². The number of benzene rings is 3. The van der Waals surface area contributed by atoms with Crippen LogP contribution in [0.2, 0.25) is 0 Å². The molecule has 0 amide bonds. The van der Waals surface area contributed by atoms with Gasteiger partial charge in [-0.25, -0.2) is 18.4 Å². The van der Waals surface area contributed by atoms with Gasteiger partial charge in [0, 0.05) is 43.0 Å². The summed E-state index contributed by atoms with van der Waals surface area (Å²) in [6.07, 6.45) is 4.57. The van der Waals surface area contributed by atoms with Crippen LogP contribution in [0.15, 0.2) is 79.4 Å². The Labute approximate surface area is 220 Å². The summed E-state index contributed by atoms with van der Waals surface area (Å²) in [6.45, 7) is 1.65. The van der Waals surface area contributed by atoms with Crippen LogP contribution in [0.25, 0.3) is 11.1 Å². The van der Waals surface area contributed by atoms with E-state index in [-0.39, 0.29) is 24.7 Å². The second-order valence-corrected chi connectivity index (χ2v) is 9.75. The molecule has 1 saturated heterocycles. The molecule has 0 saturated carbocycles. The second-order valence-electron chi connectivity index (χ2n) is 9.75. The molecule has 4 aromatic rings. The molecule has 198 valence electrons. The lowest BCUT2D eigenvalue weighted by Crippen LogP contribution is -2.48. The van der Waals surface area contributed by atoms with Gasteiger partial charge in [0.05, 0.1) is 13.7 Å². The Morgan fingerprint density at radius 2 is 1.66 bits per heavy atom. The normalized spacial score (nSPS) is 16.2. The summed E-state index contributed by atoms with van der Waals surface area (Å²) < 4.78 is 35.0. The molecular weight excluding hydrogens is 488 g/mol. The van der Waals surface area contributed by atoms with E-state index in [2.05, 4.69) is 44.6 Å². The van der Waals surface area contributed by atoms with Gasteiger partial charge >= 0.3 is 0 Å². The molecule has 1 aliphatic rings. The number of β-amino-alcohol motifs (C(OH)–C–C–N with tert-alkyl or cyclic N) is 1. The van der Waals surface area contributed by atoms with Crippen LogP contribution in [-0.4, -0.2) is 57.6 Å². The maximum Gasteiger partial charge on any atom is 0.137 e. The van der Waals surface area contributed by atoms with E-state index in [1.807, 2.05) is 24.3 Å². The molecule has 7 nitrogen and oxygen atoms in total. The van der Waals surface area contributed by atoms with Crippen molar-refractivity contribution in [3.63, 3.8) is 0 Å². The minimum atomic E-state index is -1.59. The van der Waals surface area contributed by atoms with E-state index >= 15 is 0 Å². The van der Waals surface area contributed by atoms with E-state index in [1.54, 1.807) is 7.11 Å². The fourth-order valence-corrected chi connectivity index (χ4v) is 5.05. The second kappa shape index (κ2) is 11.3. The number of nitrogens with zero attached hydrogens (tertiary/aromatic N) is 4. The lowest BCUT2D eigenvalue weighted by molar-refractivity contribution is -0.0260. The molecular formula is C29H31F2N5O2. The Morgan fingerprint density at radius 1 is 0.974 bits per heavy atom.